The van der Waals surface area contributed by atoms with E-state index in [-0.39, 0.29) is 24.5 Å². The van der Waals surface area contributed by atoms with E-state index >= 15 is 0 Å². The summed E-state index contributed by atoms with van der Waals surface area (Å²) >= 11 is 0. The fourth-order valence-electron chi connectivity index (χ4n) is 1.58. The van der Waals surface area contributed by atoms with Crippen LogP contribution >= 0.6 is 0 Å². The molecule has 4 heteroatoms. The summed E-state index contributed by atoms with van der Waals surface area (Å²) in [6.45, 7) is 1.26. The van der Waals surface area contributed by atoms with Crippen molar-refractivity contribution in [3.05, 3.63) is 35.9 Å². The molecule has 1 aliphatic heterocycles. The predicted molar refractivity (Wildman–Crippen MR) is 58.9 cm³/mol. The van der Waals surface area contributed by atoms with Crippen molar-refractivity contribution < 1.29 is 14.3 Å². The minimum absolute atomic E-state index is 0.0923. The van der Waals surface area contributed by atoms with Crippen LogP contribution in [0.25, 0.3) is 0 Å². The smallest absolute Gasteiger partial charge is 0.315 e. The molecule has 0 aromatic heterocycles. The Hall–Kier alpha value is -1.39. The van der Waals surface area contributed by atoms with Gasteiger partial charge in [-0.15, -0.1) is 0 Å². The van der Waals surface area contributed by atoms with Crippen LogP contribution in [0, 0.1) is 0 Å². The highest BCUT2D eigenvalue weighted by Crippen LogP contribution is 2.18. The zero-order valence-corrected chi connectivity index (χ0v) is 8.96. The lowest BCUT2D eigenvalue weighted by Crippen LogP contribution is -2.39. The molecule has 0 amide bonds. The number of benzene rings is 1. The Kier molecular flexibility index (Phi) is 3.54. The largest absolute Gasteiger partial charge is 0.457 e. The van der Waals surface area contributed by atoms with E-state index in [2.05, 4.69) is 0 Å². The van der Waals surface area contributed by atoms with Gasteiger partial charge >= 0.3 is 5.97 Å². The van der Waals surface area contributed by atoms with Crippen LogP contribution in [0.1, 0.15) is 11.5 Å². The van der Waals surface area contributed by atoms with E-state index < -0.39 is 0 Å². The van der Waals surface area contributed by atoms with Gasteiger partial charge in [-0.05, 0) is 5.56 Å². The summed E-state index contributed by atoms with van der Waals surface area (Å²) in [7, 11) is 0. The average Bonchev–Trinajstić information content (AvgIpc) is 2.26. The number of esters is 1. The van der Waals surface area contributed by atoms with E-state index in [9.17, 15) is 4.79 Å². The van der Waals surface area contributed by atoms with E-state index in [1.807, 2.05) is 30.3 Å². The Labute approximate surface area is 94.3 Å². The summed E-state index contributed by atoms with van der Waals surface area (Å²) in [6, 6.07) is 9.45. The fourth-order valence-corrected chi connectivity index (χ4v) is 1.58. The van der Waals surface area contributed by atoms with Gasteiger partial charge in [-0.2, -0.15) is 0 Å². The minimum Gasteiger partial charge on any atom is -0.457 e. The van der Waals surface area contributed by atoms with Gasteiger partial charge < -0.3 is 15.2 Å². The molecule has 1 aromatic carbocycles. The molecule has 0 radical (unpaired) electrons. The topological polar surface area (TPSA) is 61.6 Å². The number of hydrogen-bond acceptors (Lipinski definition) is 4. The highest BCUT2D eigenvalue weighted by atomic mass is 16.6. The maximum absolute atomic E-state index is 11.8. The molecule has 1 aliphatic rings. The second-order valence-corrected chi connectivity index (χ2v) is 3.80. The van der Waals surface area contributed by atoms with E-state index in [0.717, 1.165) is 5.56 Å². The molecule has 0 bridgehead atoms. The monoisotopic (exact) mass is 221 g/mol. The second kappa shape index (κ2) is 5.09. The van der Waals surface area contributed by atoms with Crippen LogP contribution in [0.3, 0.4) is 0 Å². The molecule has 2 rings (SSSR count). The van der Waals surface area contributed by atoms with Crippen molar-refractivity contribution in [3.63, 3.8) is 0 Å². The number of hydrogen-bond donors (Lipinski definition) is 1. The Balaban J connectivity index is 2.01. The Bertz CT molecular complexity index is 349. The van der Waals surface area contributed by atoms with Gasteiger partial charge in [0, 0.05) is 6.54 Å². The van der Waals surface area contributed by atoms with Gasteiger partial charge in [0.15, 0.2) is 0 Å². The van der Waals surface area contributed by atoms with Gasteiger partial charge in [0.25, 0.3) is 0 Å². The van der Waals surface area contributed by atoms with Crippen molar-refractivity contribution in [3.8, 4) is 0 Å². The standard InChI is InChI=1S/C12H15NO3/c13-6-11(9-4-2-1-3-5-9)12(14)16-10-7-15-8-10/h1-5,10-11H,6-8,13H2. The summed E-state index contributed by atoms with van der Waals surface area (Å²) in [5, 5.41) is 0. The molecule has 0 spiro atoms. The molecule has 0 saturated carbocycles. The number of nitrogens with two attached hydrogens (primary N) is 1. The summed E-state index contributed by atoms with van der Waals surface area (Å²) in [4.78, 5) is 11.8. The summed E-state index contributed by atoms with van der Waals surface area (Å²) in [6.07, 6.45) is -0.0923. The van der Waals surface area contributed by atoms with E-state index in [1.165, 1.54) is 0 Å². The highest BCUT2D eigenvalue weighted by Gasteiger charge is 2.27. The van der Waals surface area contributed by atoms with Crippen molar-refractivity contribution in [2.45, 2.75) is 12.0 Å². The lowest BCUT2D eigenvalue weighted by atomic mass is 9.99. The first-order valence-corrected chi connectivity index (χ1v) is 5.34. The van der Waals surface area contributed by atoms with Gasteiger partial charge in [-0.25, -0.2) is 0 Å². The molecule has 16 heavy (non-hydrogen) atoms. The van der Waals surface area contributed by atoms with Crippen molar-refractivity contribution in [2.75, 3.05) is 19.8 Å². The van der Waals surface area contributed by atoms with Crippen molar-refractivity contribution in [2.24, 2.45) is 5.73 Å². The first kappa shape index (κ1) is 11.1. The molecule has 0 aliphatic carbocycles. The van der Waals surface area contributed by atoms with Gasteiger partial charge in [-0.1, -0.05) is 30.3 Å². The van der Waals surface area contributed by atoms with Crippen LogP contribution in [0.15, 0.2) is 30.3 Å². The zero-order chi connectivity index (χ0) is 11.4. The lowest BCUT2D eigenvalue weighted by Gasteiger charge is -2.27. The maximum Gasteiger partial charge on any atom is 0.315 e. The number of carbonyl (C=O) groups excluding carboxylic acids is 1. The van der Waals surface area contributed by atoms with Gasteiger partial charge in [0.05, 0.1) is 19.1 Å². The Morgan fingerprint density at radius 3 is 2.62 bits per heavy atom. The van der Waals surface area contributed by atoms with Crippen LogP contribution in [0.4, 0.5) is 0 Å². The van der Waals surface area contributed by atoms with Gasteiger partial charge in [0.2, 0.25) is 0 Å². The lowest BCUT2D eigenvalue weighted by molar-refractivity contribution is -0.173. The Morgan fingerprint density at radius 1 is 1.44 bits per heavy atom. The van der Waals surface area contributed by atoms with Crippen LogP contribution < -0.4 is 5.73 Å². The van der Waals surface area contributed by atoms with Crippen molar-refractivity contribution in [1.29, 1.82) is 0 Å². The van der Waals surface area contributed by atoms with Crippen LogP contribution in [-0.2, 0) is 14.3 Å². The minimum atomic E-state index is -0.373. The molecule has 4 nitrogen and oxygen atoms in total. The van der Waals surface area contributed by atoms with Gasteiger partial charge in [-0.3, -0.25) is 4.79 Å². The summed E-state index contributed by atoms with van der Waals surface area (Å²) < 4.78 is 10.2. The normalized spacial score (nSPS) is 17.6. The molecule has 1 unspecified atom stereocenters. The van der Waals surface area contributed by atoms with E-state index in [0.29, 0.717) is 13.2 Å². The molecule has 1 atom stereocenters. The summed E-state index contributed by atoms with van der Waals surface area (Å²) in [5.74, 6) is -0.635. The van der Waals surface area contributed by atoms with E-state index in [4.69, 9.17) is 15.2 Å². The average molecular weight is 221 g/mol. The van der Waals surface area contributed by atoms with Crippen LogP contribution in [0.5, 0.6) is 0 Å². The molecule has 1 saturated heterocycles. The third-order valence-electron chi connectivity index (χ3n) is 2.61. The van der Waals surface area contributed by atoms with Crippen LogP contribution in [-0.4, -0.2) is 31.8 Å². The highest BCUT2D eigenvalue weighted by molar-refractivity contribution is 5.78. The Morgan fingerprint density at radius 2 is 2.12 bits per heavy atom. The van der Waals surface area contributed by atoms with E-state index in [1.54, 1.807) is 0 Å². The molecule has 1 heterocycles. The summed E-state index contributed by atoms with van der Waals surface area (Å²) in [5.41, 5.74) is 6.51. The van der Waals surface area contributed by atoms with Crippen molar-refractivity contribution >= 4 is 5.97 Å². The first-order chi connectivity index (χ1) is 7.81. The molecule has 2 N–H and O–H groups in total. The molecular weight excluding hydrogens is 206 g/mol. The molecule has 1 fully saturated rings. The zero-order valence-electron chi connectivity index (χ0n) is 8.96. The number of ether oxygens (including phenoxy) is 2. The SMILES string of the molecule is NCC(C(=O)OC1COC1)c1ccccc1. The number of rotatable bonds is 4. The fraction of sp³-hybridized carbons (Fsp3) is 0.417. The molecule has 1 aromatic rings. The second-order valence-electron chi connectivity index (χ2n) is 3.80. The first-order valence-electron chi connectivity index (χ1n) is 5.34. The quantitative estimate of drug-likeness (QED) is 0.759. The van der Waals surface area contributed by atoms with Crippen molar-refractivity contribution in [1.82, 2.24) is 0 Å². The third-order valence-corrected chi connectivity index (χ3v) is 2.61. The number of carbonyl (C=O) groups is 1. The molecule has 86 valence electrons. The molecular formula is C12H15NO3. The van der Waals surface area contributed by atoms with Crippen LogP contribution in [0.2, 0.25) is 0 Å². The predicted octanol–water partition coefficient (Wildman–Crippen LogP) is 0.671. The maximum atomic E-state index is 11.8. The third kappa shape index (κ3) is 2.40. The van der Waals surface area contributed by atoms with Gasteiger partial charge in [0.1, 0.15) is 6.10 Å².